The van der Waals surface area contributed by atoms with Crippen LogP contribution in [0.2, 0.25) is 0 Å². The van der Waals surface area contributed by atoms with Crippen LogP contribution in [0.3, 0.4) is 0 Å². The second kappa shape index (κ2) is 20.4. The molecule has 2 nitrogen and oxygen atoms in total. The highest BCUT2D eigenvalue weighted by molar-refractivity contribution is 5.55. The Labute approximate surface area is 224 Å². The molecule has 1 heterocycles. The number of aromatic nitrogens is 2. The molecule has 0 bridgehead atoms. The molecule has 0 radical (unpaired) electrons. The zero-order valence-corrected chi connectivity index (χ0v) is 24.1. The molecular weight excluding hydrogens is 436 g/mol. The lowest BCUT2D eigenvalue weighted by Crippen LogP contribution is -1.94. The fourth-order valence-electron chi connectivity index (χ4n) is 5.00. The van der Waals surface area contributed by atoms with Gasteiger partial charge in [0, 0.05) is 18.0 Å². The molecule has 202 valence electrons. The highest BCUT2D eigenvalue weighted by Gasteiger charge is 2.03. The molecule has 0 aliphatic heterocycles. The average Bonchev–Trinajstić information content (AvgIpc) is 2.91. The van der Waals surface area contributed by atoms with Crippen molar-refractivity contribution in [3.63, 3.8) is 0 Å². The standard InChI is InChI=1S/C34H56N2/c1-4-6-7-8-9-10-11-12-13-16-19-22-31-24-26-33(27-25-31)34-35-28-32(29-36-34)23-20-17-14-15-18-21-30(3)5-2/h24-30H,4-23H2,1-3H3. The Balaban J connectivity index is 1.54. The molecule has 0 fully saturated rings. The molecule has 36 heavy (non-hydrogen) atoms. The lowest BCUT2D eigenvalue weighted by molar-refractivity contribution is 0.472. The van der Waals surface area contributed by atoms with Gasteiger partial charge in [-0.25, -0.2) is 9.97 Å². The van der Waals surface area contributed by atoms with Crippen LogP contribution < -0.4 is 0 Å². The predicted octanol–water partition coefficient (Wildman–Crippen LogP) is 10.9. The summed E-state index contributed by atoms with van der Waals surface area (Å²) in [4.78, 5) is 9.31. The summed E-state index contributed by atoms with van der Waals surface area (Å²) in [5, 5.41) is 0. The maximum atomic E-state index is 4.66. The molecular formula is C34H56N2. The van der Waals surface area contributed by atoms with Gasteiger partial charge in [0.2, 0.25) is 0 Å². The molecule has 1 aromatic heterocycles. The van der Waals surface area contributed by atoms with Gasteiger partial charge >= 0.3 is 0 Å². The molecule has 2 rings (SSSR count). The zero-order chi connectivity index (χ0) is 25.7. The Kier molecular flexibility index (Phi) is 17.3. The van der Waals surface area contributed by atoms with Crippen molar-refractivity contribution in [1.82, 2.24) is 9.97 Å². The van der Waals surface area contributed by atoms with Crippen LogP contribution in [0.15, 0.2) is 36.7 Å². The van der Waals surface area contributed by atoms with Gasteiger partial charge in [-0.3, -0.25) is 0 Å². The van der Waals surface area contributed by atoms with Gasteiger partial charge in [-0.1, -0.05) is 148 Å². The van der Waals surface area contributed by atoms with Crippen LogP contribution in [-0.4, -0.2) is 9.97 Å². The number of rotatable bonds is 22. The Morgan fingerprint density at radius 1 is 0.556 bits per heavy atom. The van der Waals surface area contributed by atoms with Crippen LogP contribution in [0.1, 0.15) is 147 Å². The van der Waals surface area contributed by atoms with Gasteiger partial charge < -0.3 is 0 Å². The van der Waals surface area contributed by atoms with Crippen LogP contribution in [0, 0.1) is 5.92 Å². The van der Waals surface area contributed by atoms with Crippen LogP contribution in [-0.2, 0) is 12.8 Å². The van der Waals surface area contributed by atoms with E-state index < -0.39 is 0 Å². The second-order valence-electron chi connectivity index (χ2n) is 11.2. The minimum absolute atomic E-state index is 0.852. The first-order chi connectivity index (χ1) is 17.7. The van der Waals surface area contributed by atoms with Crippen LogP contribution in [0.4, 0.5) is 0 Å². The molecule has 0 saturated heterocycles. The fraction of sp³-hybridized carbons (Fsp3) is 0.706. The maximum Gasteiger partial charge on any atom is 0.159 e. The van der Waals surface area contributed by atoms with Gasteiger partial charge in [-0.05, 0) is 42.7 Å². The van der Waals surface area contributed by atoms with Crippen molar-refractivity contribution >= 4 is 0 Å². The van der Waals surface area contributed by atoms with E-state index in [1.165, 1.54) is 133 Å². The Morgan fingerprint density at radius 2 is 1.03 bits per heavy atom. The van der Waals surface area contributed by atoms with Crippen molar-refractivity contribution in [3.05, 3.63) is 47.8 Å². The van der Waals surface area contributed by atoms with Gasteiger partial charge in [0.1, 0.15) is 0 Å². The molecule has 0 aliphatic rings. The molecule has 0 aliphatic carbocycles. The van der Waals surface area contributed by atoms with Crippen molar-refractivity contribution in [3.8, 4) is 11.4 Å². The summed E-state index contributed by atoms with van der Waals surface area (Å²) in [6.45, 7) is 6.96. The molecule has 0 N–H and O–H groups in total. The highest BCUT2D eigenvalue weighted by atomic mass is 14.9. The third kappa shape index (κ3) is 14.1. The monoisotopic (exact) mass is 492 g/mol. The molecule has 0 spiro atoms. The Hall–Kier alpha value is -1.70. The van der Waals surface area contributed by atoms with E-state index in [0.717, 1.165) is 23.7 Å². The van der Waals surface area contributed by atoms with Crippen molar-refractivity contribution in [2.24, 2.45) is 5.92 Å². The first kappa shape index (κ1) is 30.5. The average molecular weight is 493 g/mol. The summed E-state index contributed by atoms with van der Waals surface area (Å²) < 4.78 is 0. The van der Waals surface area contributed by atoms with E-state index in [1.54, 1.807) is 0 Å². The van der Waals surface area contributed by atoms with E-state index in [4.69, 9.17) is 0 Å². The molecule has 2 heteroatoms. The minimum atomic E-state index is 0.852. The van der Waals surface area contributed by atoms with Gasteiger partial charge in [0.15, 0.2) is 5.82 Å². The normalized spacial score (nSPS) is 12.2. The van der Waals surface area contributed by atoms with Crippen LogP contribution in [0.5, 0.6) is 0 Å². The summed E-state index contributed by atoms with van der Waals surface area (Å²) in [5.41, 5.74) is 3.84. The highest BCUT2D eigenvalue weighted by Crippen LogP contribution is 2.19. The van der Waals surface area contributed by atoms with Crippen molar-refractivity contribution < 1.29 is 0 Å². The van der Waals surface area contributed by atoms with Crippen LogP contribution in [0.25, 0.3) is 11.4 Å². The Morgan fingerprint density at radius 3 is 1.56 bits per heavy atom. The number of aryl methyl sites for hydroxylation is 2. The third-order valence-electron chi connectivity index (χ3n) is 7.85. The number of hydrogen-bond donors (Lipinski definition) is 0. The van der Waals surface area contributed by atoms with E-state index in [1.807, 2.05) is 12.4 Å². The topological polar surface area (TPSA) is 25.8 Å². The number of hydrogen-bond acceptors (Lipinski definition) is 2. The summed E-state index contributed by atoms with van der Waals surface area (Å²) in [6.07, 6.45) is 31.2. The van der Waals surface area contributed by atoms with E-state index >= 15 is 0 Å². The summed E-state index contributed by atoms with van der Waals surface area (Å²) >= 11 is 0. The SMILES string of the molecule is CCCCCCCCCCCCCc1ccc(-c2ncc(CCCCCCCC(C)CC)cn2)cc1. The second-order valence-corrected chi connectivity index (χ2v) is 11.2. The molecule has 0 amide bonds. The first-order valence-corrected chi connectivity index (χ1v) is 15.6. The lowest BCUT2D eigenvalue weighted by Gasteiger charge is -2.07. The Bertz CT molecular complexity index is 750. The van der Waals surface area contributed by atoms with Crippen molar-refractivity contribution in [2.75, 3.05) is 0 Å². The lowest BCUT2D eigenvalue weighted by atomic mass is 9.99. The van der Waals surface area contributed by atoms with E-state index in [2.05, 4.69) is 55.0 Å². The number of unbranched alkanes of at least 4 members (excludes halogenated alkanes) is 14. The summed E-state index contributed by atoms with van der Waals surface area (Å²) in [6, 6.07) is 8.93. The number of benzene rings is 1. The van der Waals surface area contributed by atoms with Crippen molar-refractivity contribution in [2.45, 2.75) is 149 Å². The zero-order valence-electron chi connectivity index (χ0n) is 24.1. The minimum Gasteiger partial charge on any atom is -0.236 e. The fourth-order valence-corrected chi connectivity index (χ4v) is 5.00. The molecule has 2 aromatic rings. The van der Waals surface area contributed by atoms with Gasteiger partial charge in [-0.2, -0.15) is 0 Å². The van der Waals surface area contributed by atoms with E-state index in [9.17, 15) is 0 Å². The first-order valence-electron chi connectivity index (χ1n) is 15.6. The van der Waals surface area contributed by atoms with Gasteiger partial charge in [-0.15, -0.1) is 0 Å². The largest absolute Gasteiger partial charge is 0.236 e. The quantitative estimate of drug-likeness (QED) is 0.153. The maximum absolute atomic E-state index is 4.66. The molecule has 1 atom stereocenters. The third-order valence-corrected chi connectivity index (χ3v) is 7.85. The van der Waals surface area contributed by atoms with E-state index in [0.29, 0.717) is 0 Å². The van der Waals surface area contributed by atoms with Gasteiger partial charge in [0.25, 0.3) is 0 Å². The number of nitrogens with zero attached hydrogens (tertiary/aromatic N) is 2. The molecule has 1 unspecified atom stereocenters. The smallest absolute Gasteiger partial charge is 0.159 e. The predicted molar refractivity (Wildman–Crippen MR) is 158 cm³/mol. The van der Waals surface area contributed by atoms with E-state index in [-0.39, 0.29) is 0 Å². The molecule has 0 saturated carbocycles. The van der Waals surface area contributed by atoms with Crippen molar-refractivity contribution in [1.29, 1.82) is 0 Å². The molecule has 1 aromatic carbocycles. The van der Waals surface area contributed by atoms with Gasteiger partial charge in [0.05, 0.1) is 0 Å². The summed E-state index contributed by atoms with van der Waals surface area (Å²) in [5.74, 6) is 1.75. The van der Waals surface area contributed by atoms with Crippen LogP contribution >= 0.6 is 0 Å². The summed E-state index contributed by atoms with van der Waals surface area (Å²) in [7, 11) is 0.